The largest absolute Gasteiger partial charge is 0.480 e. The van der Waals surface area contributed by atoms with Crippen LogP contribution in [0.2, 0.25) is 0 Å². The van der Waals surface area contributed by atoms with E-state index >= 15 is 0 Å². The second-order valence-corrected chi connectivity index (χ2v) is 5.69. The molecule has 0 amide bonds. The number of alkyl halides is 3. The van der Waals surface area contributed by atoms with Crippen molar-refractivity contribution in [2.45, 2.75) is 44.3 Å². The highest BCUT2D eigenvalue weighted by atomic mass is 19.4. The number of carboxylic acids is 1. The molecule has 1 N–H and O–H groups in total. The van der Waals surface area contributed by atoms with Crippen LogP contribution < -0.4 is 0 Å². The Hall–Kier alpha value is -1.56. The van der Waals surface area contributed by atoms with E-state index in [1.165, 1.54) is 12.1 Å². The van der Waals surface area contributed by atoms with Crippen LogP contribution in [0.15, 0.2) is 24.3 Å². The second kappa shape index (κ2) is 7.13. The van der Waals surface area contributed by atoms with E-state index in [0.717, 1.165) is 31.9 Å². The van der Waals surface area contributed by atoms with Gasteiger partial charge in [-0.1, -0.05) is 18.2 Å². The standard InChI is InChI=1S/C16H20F3NO2/c17-16(18,19)13-7-3-6-12(11-13)5-1-2-9-20-10-4-8-14(20)15(21)22/h3,6-7,11,14H,1-2,4-5,8-10H2,(H,21,22). The van der Waals surface area contributed by atoms with Crippen LogP contribution in [0.1, 0.15) is 36.8 Å². The minimum absolute atomic E-state index is 0.395. The summed E-state index contributed by atoms with van der Waals surface area (Å²) in [6.45, 7) is 1.48. The van der Waals surface area contributed by atoms with Crippen LogP contribution in [0.3, 0.4) is 0 Å². The van der Waals surface area contributed by atoms with Gasteiger partial charge in [-0.15, -0.1) is 0 Å². The number of hydrogen-bond acceptors (Lipinski definition) is 2. The fourth-order valence-corrected chi connectivity index (χ4v) is 2.92. The van der Waals surface area contributed by atoms with E-state index < -0.39 is 23.8 Å². The van der Waals surface area contributed by atoms with Gasteiger partial charge in [-0.05, 0) is 56.8 Å². The molecule has 0 aliphatic carbocycles. The Kier molecular flexibility index (Phi) is 5.45. The highest BCUT2D eigenvalue weighted by Crippen LogP contribution is 2.29. The maximum absolute atomic E-state index is 12.6. The van der Waals surface area contributed by atoms with Gasteiger partial charge in [0.25, 0.3) is 0 Å². The molecule has 2 rings (SSSR count). The molecule has 6 heteroatoms. The zero-order valence-corrected chi connectivity index (χ0v) is 12.3. The van der Waals surface area contributed by atoms with E-state index in [1.807, 2.05) is 4.90 Å². The molecule has 0 spiro atoms. The lowest BCUT2D eigenvalue weighted by Gasteiger charge is -2.20. The van der Waals surface area contributed by atoms with Crippen molar-refractivity contribution < 1.29 is 23.1 Å². The van der Waals surface area contributed by atoms with Crippen LogP contribution in [-0.4, -0.2) is 35.1 Å². The van der Waals surface area contributed by atoms with Crippen LogP contribution in [0.25, 0.3) is 0 Å². The van der Waals surface area contributed by atoms with Crippen molar-refractivity contribution >= 4 is 5.97 Å². The molecule has 22 heavy (non-hydrogen) atoms. The molecule has 122 valence electrons. The van der Waals surface area contributed by atoms with Crippen molar-refractivity contribution in [3.63, 3.8) is 0 Å². The summed E-state index contributed by atoms with van der Waals surface area (Å²) < 4.78 is 37.9. The Bertz CT molecular complexity index is 516. The second-order valence-electron chi connectivity index (χ2n) is 5.69. The van der Waals surface area contributed by atoms with Gasteiger partial charge in [0.05, 0.1) is 5.56 Å². The summed E-state index contributed by atoms with van der Waals surface area (Å²) in [7, 11) is 0. The topological polar surface area (TPSA) is 40.5 Å². The van der Waals surface area contributed by atoms with Crippen LogP contribution in [0, 0.1) is 0 Å². The third kappa shape index (κ3) is 4.47. The number of carboxylic acid groups (broad SMARTS) is 1. The maximum Gasteiger partial charge on any atom is 0.416 e. The summed E-state index contributed by atoms with van der Waals surface area (Å²) in [5.41, 5.74) is 0.0570. The number of carbonyl (C=O) groups is 1. The Morgan fingerprint density at radius 3 is 2.77 bits per heavy atom. The minimum atomic E-state index is -4.31. The van der Waals surface area contributed by atoms with Gasteiger partial charge in [-0.25, -0.2) is 0 Å². The first kappa shape index (κ1) is 16.8. The molecule has 1 unspecified atom stereocenters. The summed E-state index contributed by atoms with van der Waals surface area (Å²) in [5.74, 6) is -0.782. The zero-order valence-electron chi connectivity index (χ0n) is 12.3. The molecule has 1 heterocycles. The lowest BCUT2D eigenvalue weighted by Crippen LogP contribution is -2.36. The fraction of sp³-hybridized carbons (Fsp3) is 0.562. The van der Waals surface area contributed by atoms with Gasteiger partial charge in [-0.3, -0.25) is 9.69 Å². The third-order valence-corrected chi connectivity index (χ3v) is 4.06. The van der Waals surface area contributed by atoms with Crippen molar-refractivity contribution in [2.24, 2.45) is 0 Å². The Balaban J connectivity index is 1.78. The molecule has 1 saturated heterocycles. The Morgan fingerprint density at radius 2 is 2.09 bits per heavy atom. The summed E-state index contributed by atoms with van der Waals surface area (Å²) in [6.07, 6.45) is -0.604. The number of aliphatic carboxylic acids is 1. The van der Waals surface area contributed by atoms with Gasteiger partial charge in [0.1, 0.15) is 6.04 Å². The highest BCUT2D eigenvalue weighted by Gasteiger charge is 2.31. The van der Waals surface area contributed by atoms with Crippen molar-refractivity contribution in [3.05, 3.63) is 35.4 Å². The highest BCUT2D eigenvalue weighted by molar-refractivity contribution is 5.73. The van der Waals surface area contributed by atoms with E-state index in [0.29, 0.717) is 24.9 Å². The van der Waals surface area contributed by atoms with Crippen LogP contribution in [-0.2, 0) is 17.4 Å². The van der Waals surface area contributed by atoms with Crippen LogP contribution in [0.5, 0.6) is 0 Å². The molecule has 1 aromatic carbocycles. The van der Waals surface area contributed by atoms with E-state index in [1.54, 1.807) is 6.07 Å². The smallest absolute Gasteiger partial charge is 0.416 e. The van der Waals surface area contributed by atoms with Crippen molar-refractivity contribution in [1.29, 1.82) is 0 Å². The Morgan fingerprint density at radius 1 is 1.32 bits per heavy atom. The van der Waals surface area contributed by atoms with Gasteiger partial charge in [-0.2, -0.15) is 13.2 Å². The monoisotopic (exact) mass is 315 g/mol. The first-order chi connectivity index (χ1) is 10.4. The molecule has 3 nitrogen and oxygen atoms in total. The summed E-state index contributed by atoms with van der Waals surface area (Å²) in [6, 6.07) is 5.00. The van der Waals surface area contributed by atoms with Gasteiger partial charge < -0.3 is 5.11 Å². The predicted octanol–water partition coefficient (Wildman–Crippen LogP) is 3.58. The SMILES string of the molecule is O=C(O)C1CCCN1CCCCc1cccc(C(F)(F)F)c1. The molecular weight excluding hydrogens is 295 g/mol. The van der Waals surface area contributed by atoms with Crippen molar-refractivity contribution in [2.75, 3.05) is 13.1 Å². The van der Waals surface area contributed by atoms with Crippen LogP contribution >= 0.6 is 0 Å². The first-order valence-electron chi connectivity index (χ1n) is 7.51. The third-order valence-electron chi connectivity index (χ3n) is 4.06. The van der Waals surface area contributed by atoms with Crippen molar-refractivity contribution in [1.82, 2.24) is 4.90 Å². The van der Waals surface area contributed by atoms with E-state index in [-0.39, 0.29) is 0 Å². The normalized spacial score (nSPS) is 19.5. The van der Waals surface area contributed by atoms with Crippen LogP contribution in [0.4, 0.5) is 13.2 Å². The zero-order chi connectivity index (χ0) is 16.2. The fourth-order valence-electron chi connectivity index (χ4n) is 2.92. The van der Waals surface area contributed by atoms with E-state index in [2.05, 4.69) is 0 Å². The molecular formula is C16H20F3NO2. The number of nitrogens with zero attached hydrogens (tertiary/aromatic N) is 1. The number of hydrogen-bond donors (Lipinski definition) is 1. The molecule has 1 aliphatic rings. The molecule has 1 aromatic rings. The summed E-state index contributed by atoms with van der Waals surface area (Å²) in [4.78, 5) is 13.0. The number of unbranched alkanes of at least 4 members (excludes halogenated alkanes) is 1. The van der Waals surface area contributed by atoms with Gasteiger partial charge in [0.15, 0.2) is 0 Å². The lowest BCUT2D eigenvalue weighted by molar-refractivity contribution is -0.142. The number of likely N-dealkylation sites (tertiary alicyclic amines) is 1. The van der Waals surface area contributed by atoms with Crippen molar-refractivity contribution in [3.8, 4) is 0 Å². The number of halogens is 3. The molecule has 1 atom stereocenters. The van der Waals surface area contributed by atoms with Gasteiger partial charge in [0.2, 0.25) is 0 Å². The molecule has 1 aliphatic heterocycles. The first-order valence-corrected chi connectivity index (χ1v) is 7.51. The quantitative estimate of drug-likeness (QED) is 0.816. The van der Waals surface area contributed by atoms with Gasteiger partial charge in [0, 0.05) is 0 Å². The molecule has 0 radical (unpaired) electrons. The predicted molar refractivity (Wildman–Crippen MR) is 76.6 cm³/mol. The minimum Gasteiger partial charge on any atom is -0.480 e. The molecule has 0 aromatic heterocycles. The lowest BCUT2D eigenvalue weighted by atomic mass is 10.0. The van der Waals surface area contributed by atoms with E-state index in [9.17, 15) is 18.0 Å². The van der Waals surface area contributed by atoms with E-state index in [4.69, 9.17) is 5.11 Å². The number of rotatable bonds is 6. The Labute approximate surface area is 127 Å². The summed E-state index contributed by atoms with van der Waals surface area (Å²) in [5, 5.41) is 9.08. The average molecular weight is 315 g/mol. The summed E-state index contributed by atoms with van der Waals surface area (Å²) >= 11 is 0. The maximum atomic E-state index is 12.6. The number of benzene rings is 1. The molecule has 0 saturated carbocycles. The molecule has 1 fully saturated rings. The molecule has 0 bridgehead atoms. The number of aryl methyl sites for hydroxylation is 1. The average Bonchev–Trinajstić information content (AvgIpc) is 2.91. The van der Waals surface area contributed by atoms with Gasteiger partial charge >= 0.3 is 12.1 Å².